The molecule has 31 heavy (non-hydrogen) atoms. The summed E-state index contributed by atoms with van der Waals surface area (Å²) < 4.78 is 0. The van der Waals surface area contributed by atoms with Crippen molar-refractivity contribution in [3.05, 3.63) is 99.1 Å². The summed E-state index contributed by atoms with van der Waals surface area (Å²) in [6.45, 7) is 1.83. The Labute approximate surface area is 178 Å². The zero-order chi connectivity index (χ0) is 22.1. The Kier molecular flexibility index (Phi) is 5.09. The summed E-state index contributed by atoms with van der Waals surface area (Å²) >= 11 is 0. The van der Waals surface area contributed by atoms with Crippen LogP contribution in [0.4, 0.5) is 17.1 Å². The van der Waals surface area contributed by atoms with Gasteiger partial charge in [-0.3, -0.25) is 19.7 Å². The van der Waals surface area contributed by atoms with Gasteiger partial charge in [0.15, 0.2) is 0 Å². The van der Waals surface area contributed by atoms with Crippen LogP contribution in [0.5, 0.6) is 0 Å². The van der Waals surface area contributed by atoms with Gasteiger partial charge < -0.3 is 5.32 Å². The Hall–Kier alpha value is -4.26. The molecule has 0 aliphatic carbocycles. The van der Waals surface area contributed by atoms with Gasteiger partial charge in [0.05, 0.1) is 10.6 Å². The molecule has 0 saturated heterocycles. The predicted molar refractivity (Wildman–Crippen MR) is 120 cm³/mol. The molecule has 1 heterocycles. The van der Waals surface area contributed by atoms with Crippen LogP contribution in [-0.4, -0.2) is 23.8 Å². The summed E-state index contributed by atoms with van der Waals surface area (Å²) in [5, 5.41) is 14.2. The number of benzene rings is 3. The highest BCUT2D eigenvalue weighted by Crippen LogP contribution is 2.35. The fourth-order valence-corrected chi connectivity index (χ4v) is 3.69. The third kappa shape index (κ3) is 3.46. The summed E-state index contributed by atoms with van der Waals surface area (Å²) in [5.74, 6) is -0.873. The van der Waals surface area contributed by atoms with Gasteiger partial charge in [0.25, 0.3) is 17.5 Å². The fourth-order valence-electron chi connectivity index (χ4n) is 3.69. The Morgan fingerprint density at radius 3 is 2.29 bits per heavy atom. The minimum atomic E-state index is -0.479. The van der Waals surface area contributed by atoms with Gasteiger partial charge in [0.2, 0.25) is 0 Å². The molecule has 0 bridgehead atoms. The van der Waals surface area contributed by atoms with Crippen molar-refractivity contribution in [2.24, 2.45) is 0 Å². The molecule has 3 aromatic carbocycles. The van der Waals surface area contributed by atoms with Crippen molar-refractivity contribution in [3.63, 3.8) is 0 Å². The Bertz CT molecular complexity index is 1260. The molecule has 0 spiro atoms. The molecule has 0 atom stereocenters. The maximum Gasteiger partial charge on any atom is 0.292 e. The maximum atomic E-state index is 13.5. The standard InChI is InChI=1S/C24H19N3O4/c1-15-7-3-6-10-21(15)26-23(28)18-9-5-4-8-17(18)19(24(26)29)13-16-11-12-20(25-2)22(14-16)27(30)31/h3-14,25H,1-2H3/b19-13+. The van der Waals surface area contributed by atoms with Gasteiger partial charge in [0, 0.05) is 24.3 Å². The first-order valence-corrected chi connectivity index (χ1v) is 9.64. The van der Waals surface area contributed by atoms with E-state index in [9.17, 15) is 19.7 Å². The largest absolute Gasteiger partial charge is 0.383 e. The van der Waals surface area contributed by atoms with Crippen LogP contribution in [0, 0.1) is 17.0 Å². The van der Waals surface area contributed by atoms with E-state index < -0.39 is 16.7 Å². The summed E-state index contributed by atoms with van der Waals surface area (Å²) in [6, 6.07) is 18.7. The van der Waals surface area contributed by atoms with E-state index in [2.05, 4.69) is 5.32 Å². The van der Waals surface area contributed by atoms with E-state index in [1.54, 1.807) is 61.7 Å². The normalized spacial score (nSPS) is 14.5. The van der Waals surface area contributed by atoms with E-state index in [1.807, 2.05) is 19.1 Å². The molecule has 4 rings (SSSR count). The van der Waals surface area contributed by atoms with Crippen molar-refractivity contribution in [3.8, 4) is 0 Å². The average Bonchev–Trinajstić information content (AvgIpc) is 2.78. The molecule has 0 aromatic heterocycles. The quantitative estimate of drug-likeness (QED) is 0.290. The van der Waals surface area contributed by atoms with Gasteiger partial charge >= 0.3 is 0 Å². The molecule has 3 aromatic rings. The lowest BCUT2D eigenvalue weighted by Crippen LogP contribution is -2.42. The Morgan fingerprint density at radius 2 is 1.61 bits per heavy atom. The highest BCUT2D eigenvalue weighted by atomic mass is 16.6. The number of carbonyl (C=O) groups is 2. The molecule has 1 aliphatic rings. The molecular weight excluding hydrogens is 394 g/mol. The number of nitrogens with zero attached hydrogens (tertiary/aromatic N) is 2. The van der Waals surface area contributed by atoms with Gasteiger partial charge in [-0.25, -0.2) is 4.90 Å². The first kappa shape index (κ1) is 20.0. The molecule has 2 amide bonds. The number of nitrogens with one attached hydrogen (secondary N) is 1. The van der Waals surface area contributed by atoms with Crippen LogP contribution in [-0.2, 0) is 4.79 Å². The summed E-state index contributed by atoms with van der Waals surface area (Å²) in [6.07, 6.45) is 1.59. The number of amides is 2. The molecule has 0 radical (unpaired) electrons. The Morgan fingerprint density at radius 1 is 0.935 bits per heavy atom. The zero-order valence-corrected chi connectivity index (χ0v) is 17.0. The highest BCUT2D eigenvalue weighted by molar-refractivity contribution is 6.43. The van der Waals surface area contributed by atoms with E-state index in [0.717, 1.165) is 5.56 Å². The second-order valence-electron chi connectivity index (χ2n) is 7.12. The zero-order valence-electron chi connectivity index (χ0n) is 17.0. The fraction of sp³-hybridized carbons (Fsp3) is 0.0833. The van der Waals surface area contributed by atoms with E-state index in [1.165, 1.54) is 11.0 Å². The van der Waals surface area contributed by atoms with Crippen LogP contribution in [0.25, 0.3) is 11.6 Å². The second kappa shape index (κ2) is 7.87. The second-order valence-corrected chi connectivity index (χ2v) is 7.12. The number of fused-ring (bicyclic) bond motifs is 1. The van der Waals surface area contributed by atoms with Crippen LogP contribution in [0.3, 0.4) is 0 Å². The minimum absolute atomic E-state index is 0.0970. The summed E-state index contributed by atoms with van der Waals surface area (Å²) in [5.41, 5.74) is 3.26. The number of anilines is 2. The molecule has 154 valence electrons. The third-order valence-electron chi connectivity index (χ3n) is 5.24. The number of aryl methyl sites for hydroxylation is 1. The Balaban J connectivity index is 1.91. The third-order valence-corrected chi connectivity index (χ3v) is 5.24. The van der Waals surface area contributed by atoms with E-state index in [0.29, 0.717) is 33.6 Å². The van der Waals surface area contributed by atoms with Crippen molar-refractivity contribution in [1.82, 2.24) is 0 Å². The van der Waals surface area contributed by atoms with Gasteiger partial charge in [-0.15, -0.1) is 0 Å². The van der Waals surface area contributed by atoms with E-state index >= 15 is 0 Å². The molecular formula is C24H19N3O4. The molecule has 1 N–H and O–H groups in total. The minimum Gasteiger partial charge on any atom is -0.383 e. The smallest absolute Gasteiger partial charge is 0.292 e. The molecule has 1 aliphatic heterocycles. The van der Waals surface area contributed by atoms with Crippen LogP contribution < -0.4 is 10.2 Å². The molecule has 0 unspecified atom stereocenters. The van der Waals surface area contributed by atoms with Crippen molar-refractivity contribution in [2.75, 3.05) is 17.3 Å². The molecule has 7 heteroatoms. The van der Waals surface area contributed by atoms with Gasteiger partial charge in [-0.1, -0.05) is 42.5 Å². The number of imide groups is 1. The van der Waals surface area contributed by atoms with Crippen molar-refractivity contribution >= 4 is 40.5 Å². The molecule has 0 fully saturated rings. The number of rotatable bonds is 4. The van der Waals surface area contributed by atoms with Crippen LogP contribution in [0.15, 0.2) is 66.7 Å². The van der Waals surface area contributed by atoms with E-state index in [-0.39, 0.29) is 5.69 Å². The first-order valence-electron chi connectivity index (χ1n) is 9.64. The lowest BCUT2D eigenvalue weighted by molar-refractivity contribution is -0.384. The SMILES string of the molecule is CNc1ccc(/C=C2/C(=O)N(c3ccccc3C)C(=O)c3ccccc32)cc1[N+](=O)[O-]. The lowest BCUT2D eigenvalue weighted by atomic mass is 9.91. The summed E-state index contributed by atoms with van der Waals surface area (Å²) in [4.78, 5) is 38.8. The average molecular weight is 413 g/mol. The van der Waals surface area contributed by atoms with E-state index in [4.69, 9.17) is 0 Å². The van der Waals surface area contributed by atoms with Crippen LogP contribution in [0.2, 0.25) is 0 Å². The first-order chi connectivity index (χ1) is 14.9. The number of nitro benzene ring substituents is 1. The lowest BCUT2D eigenvalue weighted by Gasteiger charge is -2.29. The molecule has 7 nitrogen and oxygen atoms in total. The predicted octanol–water partition coefficient (Wildman–Crippen LogP) is 4.67. The van der Waals surface area contributed by atoms with Gasteiger partial charge in [-0.05, 0) is 47.9 Å². The number of carbonyl (C=O) groups excluding carboxylic acids is 2. The van der Waals surface area contributed by atoms with Crippen molar-refractivity contribution < 1.29 is 14.5 Å². The van der Waals surface area contributed by atoms with Crippen LogP contribution in [0.1, 0.15) is 27.0 Å². The van der Waals surface area contributed by atoms with Crippen molar-refractivity contribution in [1.29, 1.82) is 0 Å². The van der Waals surface area contributed by atoms with Gasteiger partial charge in [0.1, 0.15) is 5.69 Å². The monoisotopic (exact) mass is 413 g/mol. The number of hydrogen-bond acceptors (Lipinski definition) is 5. The number of para-hydroxylation sites is 1. The van der Waals surface area contributed by atoms with Crippen molar-refractivity contribution in [2.45, 2.75) is 6.92 Å². The maximum absolute atomic E-state index is 13.5. The molecule has 0 saturated carbocycles. The highest BCUT2D eigenvalue weighted by Gasteiger charge is 2.36. The number of nitro groups is 1. The topological polar surface area (TPSA) is 92.6 Å². The number of hydrogen-bond donors (Lipinski definition) is 1. The van der Waals surface area contributed by atoms with Gasteiger partial charge in [-0.2, -0.15) is 0 Å². The summed E-state index contributed by atoms with van der Waals surface area (Å²) in [7, 11) is 1.60. The van der Waals surface area contributed by atoms with Crippen LogP contribution >= 0.6 is 0 Å².